The topological polar surface area (TPSA) is 77.9 Å². The lowest BCUT2D eigenvalue weighted by Crippen LogP contribution is -2.53. The van der Waals surface area contributed by atoms with Crippen molar-refractivity contribution in [2.75, 3.05) is 20.2 Å². The van der Waals surface area contributed by atoms with Crippen LogP contribution in [0.2, 0.25) is 0 Å². The maximum absolute atomic E-state index is 13.7. The Kier molecular flexibility index (Phi) is 5.91. The van der Waals surface area contributed by atoms with E-state index in [0.29, 0.717) is 4.47 Å². The highest BCUT2D eigenvalue weighted by atomic mass is 79.9. The maximum atomic E-state index is 13.7. The molecule has 2 aliphatic rings. The molecule has 0 bridgehead atoms. The highest BCUT2D eigenvalue weighted by Gasteiger charge is 2.49. The number of piperidine rings is 1. The molecule has 7 nitrogen and oxygen atoms in total. The van der Waals surface area contributed by atoms with Crippen LogP contribution in [0, 0.1) is 12.7 Å². The molecule has 34 heavy (non-hydrogen) atoms. The van der Waals surface area contributed by atoms with Gasteiger partial charge in [-0.15, -0.1) is 0 Å². The number of hydrogen-bond donors (Lipinski definition) is 1. The molecule has 1 aromatic heterocycles. The standard InChI is InChI=1S/C25H25BrFN5O2/c1-16-13-31(15-29-16)22-8-5-17(11-23(22)33-2)10-18-4-3-9-32-24(18)30-34-25(32,14-28)20-7-6-19(27)12-21(20)26/h5-8,10-13,15H,3-4,9,14,28H2,1-2H3/b18-10+/t25-/m1/s1. The van der Waals surface area contributed by atoms with Crippen LogP contribution in [-0.4, -0.2) is 40.5 Å². The van der Waals surface area contributed by atoms with Gasteiger partial charge in [-0.1, -0.05) is 27.2 Å². The predicted octanol–water partition coefficient (Wildman–Crippen LogP) is 4.73. The number of rotatable bonds is 5. The summed E-state index contributed by atoms with van der Waals surface area (Å²) < 4.78 is 21.9. The first-order valence-corrected chi connectivity index (χ1v) is 11.8. The zero-order chi connectivity index (χ0) is 23.9. The van der Waals surface area contributed by atoms with Crippen molar-refractivity contribution < 1.29 is 14.0 Å². The SMILES string of the molecule is COc1cc(/C=C2\CCCN3C2=NO[C@]3(CN)c2ccc(F)cc2Br)ccc1-n1cnc(C)c1. The Balaban J connectivity index is 1.49. The Morgan fingerprint density at radius 1 is 1.29 bits per heavy atom. The Bertz CT molecular complexity index is 1300. The van der Waals surface area contributed by atoms with E-state index >= 15 is 0 Å². The van der Waals surface area contributed by atoms with Gasteiger partial charge in [0.25, 0.3) is 5.72 Å². The minimum Gasteiger partial charge on any atom is -0.495 e. The number of ether oxygens (including phenoxy) is 1. The minimum absolute atomic E-state index is 0.171. The highest BCUT2D eigenvalue weighted by Crippen LogP contribution is 2.42. The molecule has 0 aliphatic carbocycles. The van der Waals surface area contributed by atoms with Crippen LogP contribution in [0.3, 0.4) is 0 Å². The Hall–Kier alpha value is -3.17. The smallest absolute Gasteiger partial charge is 0.250 e. The van der Waals surface area contributed by atoms with E-state index in [4.69, 9.17) is 15.3 Å². The Morgan fingerprint density at radius 2 is 2.15 bits per heavy atom. The number of aromatic nitrogens is 2. The summed E-state index contributed by atoms with van der Waals surface area (Å²) in [5.74, 6) is 1.17. The number of hydrogen-bond acceptors (Lipinski definition) is 6. The third-order valence-electron chi connectivity index (χ3n) is 6.25. The van der Waals surface area contributed by atoms with Gasteiger partial charge in [0.15, 0.2) is 5.84 Å². The van der Waals surface area contributed by atoms with Gasteiger partial charge in [0.2, 0.25) is 0 Å². The van der Waals surface area contributed by atoms with Gasteiger partial charge in [0, 0.05) is 22.8 Å². The van der Waals surface area contributed by atoms with Gasteiger partial charge in [-0.2, -0.15) is 0 Å². The van der Waals surface area contributed by atoms with E-state index in [2.05, 4.69) is 37.0 Å². The van der Waals surface area contributed by atoms with Gasteiger partial charge >= 0.3 is 0 Å². The lowest BCUT2D eigenvalue weighted by atomic mass is 9.94. The van der Waals surface area contributed by atoms with Gasteiger partial charge in [-0.25, -0.2) is 9.37 Å². The molecule has 0 saturated carbocycles. The molecule has 3 aromatic rings. The number of amidine groups is 1. The van der Waals surface area contributed by atoms with E-state index < -0.39 is 5.72 Å². The van der Waals surface area contributed by atoms with Crippen LogP contribution in [0.25, 0.3) is 11.8 Å². The summed E-state index contributed by atoms with van der Waals surface area (Å²) >= 11 is 3.47. The number of oxime groups is 1. The average Bonchev–Trinajstić information content (AvgIpc) is 3.44. The van der Waals surface area contributed by atoms with E-state index in [1.54, 1.807) is 19.5 Å². The molecular weight excluding hydrogens is 501 g/mol. The van der Waals surface area contributed by atoms with Gasteiger partial charge in [-0.3, -0.25) is 0 Å². The van der Waals surface area contributed by atoms with Crippen molar-refractivity contribution in [3.05, 3.63) is 81.6 Å². The predicted molar refractivity (Wildman–Crippen MR) is 132 cm³/mol. The van der Waals surface area contributed by atoms with Crippen LogP contribution in [0.1, 0.15) is 29.7 Å². The molecule has 1 atom stereocenters. The number of nitrogens with zero attached hydrogens (tertiary/aromatic N) is 4. The third-order valence-corrected chi connectivity index (χ3v) is 6.91. The summed E-state index contributed by atoms with van der Waals surface area (Å²) in [7, 11) is 1.66. The van der Waals surface area contributed by atoms with Gasteiger partial charge in [0.05, 0.1) is 31.4 Å². The van der Waals surface area contributed by atoms with E-state index in [-0.39, 0.29) is 12.4 Å². The fraction of sp³-hybridized carbons (Fsp3) is 0.280. The van der Waals surface area contributed by atoms with Crippen molar-refractivity contribution >= 4 is 27.8 Å². The number of halogens is 2. The quantitative estimate of drug-likeness (QED) is 0.521. The number of benzene rings is 2. The largest absolute Gasteiger partial charge is 0.495 e. The number of methoxy groups -OCH3 is 1. The zero-order valence-corrected chi connectivity index (χ0v) is 20.5. The van der Waals surface area contributed by atoms with Gasteiger partial charge in [-0.05, 0) is 67.3 Å². The summed E-state index contributed by atoms with van der Waals surface area (Å²) in [6, 6.07) is 10.6. The highest BCUT2D eigenvalue weighted by molar-refractivity contribution is 9.10. The molecule has 0 unspecified atom stereocenters. The van der Waals surface area contributed by atoms with Crippen LogP contribution >= 0.6 is 15.9 Å². The molecule has 2 N–H and O–H groups in total. The normalized spacial score (nSPS) is 20.8. The maximum Gasteiger partial charge on any atom is 0.250 e. The van der Waals surface area contributed by atoms with Crippen molar-refractivity contribution in [2.45, 2.75) is 25.5 Å². The second kappa shape index (κ2) is 8.88. The van der Waals surface area contributed by atoms with E-state index in [1.807, 2.05) is 35.9 Å². The molecule has 2 aliphatic heterocycles. The molecule has 2 aromatic carbocycles. The summed E-state index contributed by atoms with van der Waals surface area (Å²) in [4.78, 5) is 12.4. The Morgan fingerprint density at radius 3 is 2.85 bits per heavy atom. The first-order valence-electron chi connectivity index (χ1n) is 11.0. The summed E-state index contributed by atoms with van der Waals surface area (Å²) in [6.45, 7) is 2.86. The van der Waals surface area contributed by atoms with Gasteiger partial charge in [0.1, 0.15) is 11.6 Å². The van der Waals surface area contributed by atoms with E-state index in [9.17, 15) is 4.39 Å². The lowest BCUT2D eigenvalue weighted by Gasteiger charge is -2.39. The van der Waals surface area contributed by atoms with E-state index in [1.165, 1.54) is 12.1 Å². The van der Waals surface area contributed by atoms with Crippen LogP contribution in [0.15, 0.2) is 64.1 Å². The minimum atomic E-state index is -0.984. The van der Waals surface area contributed by atoms with Crippen LogP contribution < -0.4 is 10.5 Å². The number of nitrogens with two attached hydrogens (primary N) is 1. The molecule has 1 saturated heterocycles. The number of aryl methyl sites for hydroxylation is 1. The fourth-order valence-electron chi connectivity index (χ4n) is 4.59. The number of imidazole rings is 1. The molecule has 5 rings (SSSR count). The first kappa shape index (κ1) is 22.6. The molecule has 0 radical (unpaired) electrons. The molecule has 0 spiro atoms. The monoisotopic (exact) mass is 525 g/mol. The summed E-state index contributed by atoms with van der Waals surface area (Å²) in [5.41, 5.74) is 9.88. The molecule has 9 heteroatoms. The summed E-state index contributed by atoms with van der Waals surface area (Å²) in [6.07, 6.45) is 7.60. The van der Waals surface area contributed by atoms with Crippen molar-refractivity contribution in [1.82, 2.24) is 14.5 Å². The zero-order valence-electron chi connectivity index (χ0n) is 19.0. The van der Waals surface area contributed by atoms with Crippen molar-refractivity contribution in [1.29, 1.82) is 0 Å². The van der Waals surface area contributed by atoms with Crippen molar-refractivity contribution in [3.63, 3.8) is 0 Å². The van der Waals surface area contributed by atoms with Gasteiger partial charge < -0.3 is 24.8 Å². The lowest BCUT2D eigenvalue weighted by molar-refractivity contribution is -0.0993. The molecule has 176 valence electrons. The van der Waals surface area contributed by atoms with Crippen LogP contribution in [0.4, 0.5) is 4.39 Å². The van der Waals surface area contributed by atoms with Crippen LogP contribution in [-0.2, 0) is 10.6 Å². The second-order valence-corrected chi connectivity index (χ2v) is 9.25. The van der Waals surface area contributed by atoms with Crippen molar-refractivity contribution in [3.8, 4) is 11.4 Å². The molecule has 1 fully saturated rings. The first-order chi connectivity index (χ1) is 16.4. The second-order valence-electron chi connectivity index (χ2n) is 8.40. The van der Waals surface area contributed by atoms with E-state index in [0.717, 1.165) is 59.1 Å². The van der Waals surface area contributed by atoms with Crippen molar-refractivity contribution in [2.24, 2.45) is 10.9 Å². The molecule has 0 amide bonds. The Labute approximate surface area is 205 Å². The fourth-order valence-corrected chi connectivity index (χ4v) is 5.25. The molecule has 3 heterocycles. The third kappa shape index (κ3) is 3.78. The average molecular weight is 526 g/mol. The summed E-state index contributed by atoms with van der Waals surface area (Å²) in [5, 5.41) is 4.45. The van der Waals surface area contributed by atoms with Crippen LogP contribution in [0.5, 0.6) is 5.75 Å². The number of fused-ring (bicyclic) bond motifs is 1. The molecular formula is C25H25BrFN5O2.